The van der Waals surface area contributed by atoms with Crippen LogP contribution in [-0.2, 0) is 40.9 Å². The molecule has 0 amide bonds. The highest BCUT2D eigenvalue weighted by molar-refractivity contribution is 6.95. The van der Waals surface area contributed by atoms with Crippen LogP contribution in [0.1, 0.15) is 53.4 Å². The molecule has 0 aliphatic heterocycles. The molecule has 0 saturated carbocycles. The quantitative estimate of drug-likeness (QED) is 0.0318. The summed E-state index contributed by atoms with van der Waals surface area (Å²) in [6.45, 7) is 41.1. The summed E-state index contributed by atoms with van der Waals surface area (Å²) >= 11 is 0. The van der Waals surface area contributed by atoms with Crippen LogP contribution < -0.4 is 10.4 Å². The van der Waals surface area contributed by atoms with Gasteiger partial charge in [-0.2, -0.15) is 0 Å². The lowest BCUT2D eigenvalue weighted by Gasteiger charge is -2.42. The molecule has 12 nitrogen and oxygen atoms in total. The fourth-order valence-electron chi connectivity index (χ4n) is 5.76. The number of benzene rings is 2. The lowest BCUT2D eigenvalue weighted by atomic mass is 10.4. The van der Waals surface area contributed by atoms with Gasteiger partial charge in [0.1, 0.15) is 0 Å². The van der Waals surface area contributed by atoms with Gasteiger partial charge in [-0.25, -0.2) is 14.4 Å². The fourth-order valence-corrected chi connectivity index (χ4v) is 26.5. The van der Waals surface area contributed by atoms with E-state index in [9.17, 15) is 19.2 Å². The van der Waals surface area contributed by atoms with Crippen molar-refractivity contribution in [2.24, 2.45) is 0 Å². The fraction of sp³-hybridized carbons (Fsp3) is 0.543. The molecule has 2 rings (SSSR count). The molecule has 376 valence electrons. The van der Waals surface area contributed by atoms with Crippen LogP contribution in [0.15, 0.2) is 97.1 Å². The highest BCUT2D eigenvalue weighted by atomic mass is 28.5. The number of carbonyl (C=O) groups excluding carboxylic acids is 3. The molecule has 65 heavy (non-hydrogen) atoms. The molecule has 0 heterocycles. The van der Waals surface area contributed by atoms with Crippen molar-refractivity contribution < 1.29 is 61.3 Å². The Morgan fingerprint density at radius 2 is 0.908 bits per heavy atom. The zero-order chi connectivity index (χ0) is 54.0. The van der Waals surface area contributed by atoms with Gasteiger partial charge in [0.2, 0.25) is 9.04 Å². The summed E-state index contributed by atoms with van der Waals surface area (Å²) in [4.78, 5) is 61.1. The Morgan fingerprint density at radius 1 is 0.585 bits per heavy atom. The molecule has 3 N–H and O–H groups in total. The second-order valence-electron chi connectivity index (χ2n) is 18.6. The monoisotopic (exact) mass is 1040 g/mol. The van der Waals surface area contributed by atoms with Gasteiger partial charge >= 0.3 is 35.0 Å². The first-order chi connectivity index (χ1) is 31.2. The van der Waals surface area contributed by atoms with Crippen LogP contribution in [0.2, 0.25) is 96.7 Å². The van der Waals surface area contributed by atoms with Crippen molar-refractivity contribution in [3.63, 3.8) is 0 Å². The van der Waals surface area contributed by atoms with Crippen LogP contribution in [-0.4, -0.2) is 112 Å². The average molecular weight is 1040 g/mol. The summed E-state index contributed by atoms with van der Waals surface area (Å²) < 4.78 is 56.1. The molecule has 0 radical (unpaired) electrons. The maximum Gasteiger partial charge on any atom is 0.350 e. The van der Waals surface area contributed by atoms with Crippen LogP contribution in [0.25, 0.3) is 0 Å². The standard InChI is InChI=1S/C27H48O7Si4.C9H18O3Si.C7H10OSi.C2H8OSi.CH4.2H2/c1-23(2)26(28)30-19-15-21-35(5,6)32-37(9,10)34-38(11,25-17-13-12-14-18-25)33-36(7,8)22-16-20-31-27(29)24(3)4;1-8(2)9(10)12-6-5-7-13(3,4)11;1-9(8)7-5-3-2-4-6-7;1-4(2)3;;;/h12-14,17-18H,1,3,15-16,19-22H2,2,4-11H3;11H,1,5-7H2,2-4H3;2-6,8-9H,1H3;3-4H,1-2H3;1H4;2*1H/i;;;;;2*1+1D. The highest BCUT2D eigenvalue weighted by Crippen LogP contribution is 2.28. The first-order valence-corrected chi connectivity index (χ1v) is 41.6. The minimum absolute atomic E-state index is 0. The molecular weight excluding hydrogens is 941 g/mol. The lowest BCUT2D eigenvalue weighted by molar-refractivity contribution is -0.139. The van der Waals surface area contributed by atoms with Crippen LogP contribution in [0.5, 0.6) is 0 Å². The van der Waals surface area contributed by atoms with Crippen LogP contribution >= 0.6 is 0 Å². The maximum absolute atomic E-state index is 11.7. The van der Waals surface area contributed by atoms with E-state index in [1.807, 2.05) is 81.3 Å². The maximum atomic E-state index is 11.7. The molecule has 0 aliphatic rings. The van der Waals surface area contributed by atoms with Crippen LogP contribution in [0.3, 0.4) is 0 Å². The van der Waals surface area contributed by atoms with Gasteiger partial charge in [-0.1, -0.05) is 87.8 Å². The summed E-state index contributed by atoms with van der Waals surface area (Å²) in [5.41, 5.74) is 1.23. The van der Waals surface area contributed by atoms with E-state index in [0.29, 0.717) is 36.5 Å². The number of esters is 3. The molecule has 0 aliphatic carbocycles. The summed E-state index contributed by atoms with van der Waals surface area (Å²) in [6, 6.07) is 22.4. The van der Waals surface area contributed by atoms with Gasteiger partial charge in [0.25, 0.3) is 0 Å². The Morgan fingerprint density at radius 3 is 1.22 bits per heavy atom. The number of rotatable bonds is 23. The summed E-state index contributed by atoms with van der Waals surface area (Å²) in [6.07, 6.45) is 2.20. The molecule has 0 saturated heterocycles. The molecule has 0 fully saturated rings. The molecule has 2 unspecified atom stereocenters. The lowest BCUT2D eigenvalue weighted by Crippen LogP contribution is -2.63. The highest BCUT2D eigenvalue weighted by Gasteiger charge is 2.47. The molecule has 2 aromatic rings. The third kappa shape index (κ3) is 36.1. The van der Waals surface area contributed by atoms with E-state index in [4.69, 9.17) is 42.1 Å². The van der Waals surface area contributed by atoms with Gasteiger partial charge in [0.15, 0.2) is 34.0 Å². The second-order valence-corrected chi connectivity index (χ2v) is 42.7. The molecule has 0 spiro atoms. The van der Waals surface area contributed by atoms with E-state index in [-0.39, 0.29) is 25.3 Å². The second kappa shape index (κ2) is 32.9. The zero-order valence-electron chi connectivity index (χ0n) is 45.9. The molecule has 2 aromatic carbocycles. The molecular formula is C46H92O12Si7. The molecule has 0 bridgehead atoms. The molecule has 0 aromatic heterocycles. The SMILES string of the molecule is C.C=C(C)C(=O)OCCC[Si](C)(C)O.C=C(C)C(=O)OCCC[Si](C)(C)O[Si](C)(C)O[Si](C)(O[Si](C)(C)CCCOC(=O)C(=C)C)c1ccccc1.C[SiH](C)O.C[SiH](O)c1ccccc1.[2H][2H].[2H][2H]. The van der Waals surface area contributed by atoms with Crippen molar-refractivity contribution in [3.05, 3.63) is 97.1 Å². The van der Waals surface area contributed by atoms with Gasteiger partial charge in [-0.15, -0.1) is 0 Å². The van der Waals surface area contributed by atoms with Gasteiger partial charge < -0.3 is 40.9 Å². The number of ether oxygens (including phenoxy) is 3. The van der Waals surface area contributed by atoms with Crippen molar-refractivity contribution in [2.45, 2.75) is 144 Å². The largest absolute Gasteiger partial charge is 0.462 e. The third-order valence-corrected chi connectivity index (χ3v) is 27.4. The van der Waals surface area contributed by atoms with Crippen molar-refractivity contribution in [3.8, 4) is 0 Å². The zero-order valence-corrected chi connectivity index (χ0v) is 49.2. The first-order valence-electron chi connectivity index (χ1n) is 24.0. The van der Waals surface area contributed by atoms with Gasteiger partial charge in [0, 0.05) is 22.7 Å². The van der Waals surface area contributed by atoms with Crippen molar-refractivity contribution in [1.29, 1.82) is 0 Å². The van der Waals surface area contributed by atoms with E-state index in [1.54, 1.807) is 20.8 Å². The van der Waals surface area contributed by atoms with Crippen molar-refractivity contribution >= 4 is 88.4 Å². The Hall–Kier alpha value is -2.65. The van der Waals surface area contributed by atoms with Gasteiger partial charge in [-0.05, 0) is 147 Å². The normalized spacial score (nSPS) is 13.0. The average Bonchev–Trinajstić information content (AvgIpc) is 3.23. The molecule has 19 heteroatoms. The van der Waals surface area contributed by atoms with Gasteiger partial charge in [0.05, 0.1) is 19.8 Å². The molecule has 2 atom stereocenters. The summed E-state index contributed by atoms with van der Waals surface area (Å²) in [7, 11) is -14.4. The predicted octanol–water partition coefficient (Wildman–Crippen LogP) is 9.17. The van der Waals surface area contributed by atoms with E-state index in [0.717, 1.165) is 47.8 Å². The smallest absolute Gasteiger partial charge is 0.350 e. The summed E-state index contributed by atoms with van der Waals surface area (Å²) in [5.74, 6) is -1.06. The number of hydrogen-bond acceptors (Lipinski definition) is 12. The Kier molecular flexibility index (Phi) is 31.6. The minimum Gasteiger partial charge on any atom is -0.462 e. The van der Waals surface area contributed by atoms with E-state index >= 15 is 0 Å². The third-order valence-electron chi connectivity index (χ3n) is 8.54. The topological polar surface area (TPSA) is 167 Å². The van der Waals surface area contributed by atoms with Gasteiger partial charge in [-0.3, -0.25) is 0 Å². The number of hydrogen-bond donors (Lipinski definition) is 3. The van der Waals surface area contributed by atoms with E-state index < -0.39 is 60.2 Å². The van der Waals surface area contributed by atoms with Crippen LogP contribution in [0.4, 0.5) is 0 Å². The predicted molar refractivity (Wildman–Crippen MR) is 292 cm³/mol. The minimum atomic E-state index is -2.84. The Balaban J connectivity index is -0.000000355. The van der Waals surface area contributed by atoms with E-state index in [2.05, 4.69) is 77.7 Å². The van der Waals surface area contributed by atoms with Crippen molar-refractivity contribution in [1.82, 2.24) is 0 Å². The first kappa shape index (κ1) is 62.3. The van der Waals surface area contributed by atoms with E-state index in [1.165, 1.54) is 0 Å². The Bertz CT molecular complexity index is 1720. The van der Waals surface area contributed by atoms with Crippen molar-refractivity contribution in [2.75, 3.05) is 19.8 Å². The Labute approximate surface area is 409 Å². The summed E-state index contributed by atoms with van der Waals surface area (Å²) in [5, 5.41) is 2.18. The number of carbonyl (C=O) groups is 3. The van der Waals surface area contributed by atoms with Crippen LogP contribution in [0, 0.1) is 0 Å².